The Bertz CT molecular complexity index is 112. The van der Waals surface area contributed by atoms with Gasteiger partial charge in [-0.1, -0.05) is 11.6 Å². The van der Waals surface area contributed by atoms with Crippen molar-refractivity contribution in [3.8, 4) is 0 Å². The summed E-state index contributed by atoms with van der Waals surface area (Å²) in [4.78, 5) is -3.73. The molecular formula is C4H4BrCl2F3. The van der Waals surface area contributed by atoms with Gasteiger partial charge in [-0.25, -0.2) is 4.39 Å². The minimum absolute atomic E-state index is 0.249. The van der Waals surface area contributed by atoms with Crippen LogP contribution in [0.3, 0.4) is 0 Å². The zero-order valence-electron chi connectivity index (χ0n) is 4.68. The van der Waals surface area contributed by atoms with Crippen molar-refractivity contribution in [1.82, 2.24) is 0 Å². The molecule has 0 saturated heterocycles. The van der Waals surface area contributed by atoms with E-state index in [1.54, 1.807) is 15.9 Å². The molecule has 0 aliphatic carbocycles. The molecule has 0 saturated carbocycles. The van der Waals surface area contributed by atoms with Crippen molar-refractivity contribution in [3.05, 3.63) is 0 Å². The van der Waals surface area contributed by atoms with E-state index in [1.165, 1.54) is 0 Å². The van der Waals surface area contributed by atoms with Crippen LogP contribution < -0.4 is 0 Å². The Morgan fingerprint density at radius 1 is 1.30 bits per heavy atom. The molecule has 0 rings (SSSR count). The first-order valence-electron chi connectivity index (χ1n) is 2.32. The van der Waals surface area contributed by atoms with Crippen LogP contribution in [0.4, 0.5) is 13.2 Å². The second-order valence-corrected chi connectivity index (χ2v) is 3.61. The van der Waals surface area contributed by atoms with Gasteiger partial charge in [0.2, 0.25) is 0 Å². The van der Waals surface area contributed by atoms with E-state index >= 15 is 0 Å². The standard InChI is InChI=1S/C4H4BrCl2F3/c5-4(9,10)3(7,8)1-2-6/h1-2H2. The van der Waals surface area contributed by atoms with Crippen LogP contribution in [-0.2, 0) is 0 Å². The molecule has 62 valence electrons. The number of halogens is 6. The fourth-order valence-electron chi connectivity index (χ4n) is 0.260. The summed E-state index contributed by atoms with van der Waals surface area (Å²) in [5.41, 5.74) is 0. The van der Waals surface area contributed by atoms with Gasteiger partial charge in [-0.2, -0.15) is 8.78 Å². The van der Waals surface area contributed by atoms with Gasteiger partial charge in [-0.05, 0) is 15.9 Å². The topological polar surface area (TPSA) is 0 Å². The maximum absolute atomic E-state index is 12.5. The smallest absolute Gasteiger partial charge is 0.218 e. The lowest BCUT2D eigenvalue weighted by atomic mass is 10.3. The first-order chi connectivity index (χ1) is 4.31. The zero-order valence-corrected chi connectivity index (χ0v) is 7.78. The van der Waals surface area contributed by atoms with E-state index < -0.39 is 16.4 Å². The highest BCUT2D eigenvalue weighted by Crippen LogP contribution is 2.43. The minimum Gasteiger partial charge on any atom is -0.218 e. The van der Waals surface area contributed by atoms with Crippen molar-refractivity contribution in [3.63, 3.8) is 0 Å². The number of alkyl halides is 6. The predicted octanol–water partition coefficient (Wildman–Crippen LogP) is 3.51. The lowest BCUT2D eigenvalue weighted by Gasteiger charge is -2.21. The van der Waals surface area contributed by atoms with E-state index in [-0.39, 0.29) is 5.88 Å². The monoisotopic (exact) mass is 258 g/mol. The lowest BCUT2D eigenvalue weighted by molar-refractivity contribution is -0.00632. The summed E-state index contributed by atoms with van der Waals surface area (Å²) in [5, 5.41) is -3.09. The van der Waals surface area contributed by atoms with Gasteiger partial charge >= 0.3 is 4.83 Å². The lowest BCUT2D eigenvalue weighted by Crippen LogP contribution is -2.33. The summed E-state index contributed by atoms with van der Waals surface area (Å²) < 4.78 is 36.6. The highest BCUT2D eigenvalue weighted by molar-refractivity contribution is 9.10. The van der Waals surface area contributed by atoms with Gasteiger partial charge in [0.25, 0.3) is 5.13 Å². The number of hydrogen-bond acceptors (Lipinski definition) is 0. The molecule has 10 heavy (non-hydrogen) atoms. The fraction of sp³-hybridized carbons (Fsp3) is 1.00. The average molecular weight is 260 g/mol. The Labute approximate surface area is 74.8 Å². The molecule has 0 amide bonds. The highest BCUT2D eigenvalue weighted by Gasteiger charge is 2.51. The third-order valence-electron chi connectivity index (χ3n) is 0.823. The minimum atomic E-state index is -3.73. The largest absolute Gasteiger partial charge is 0.348 e. The molecule has 0 heterocycles. The van der Waals surface area contributed by atoms with Gasteiger partial charge in [0, 0.05) is 12.3 Å². The summed E-state index contributed by atoms with van der Waals surface area (Å²) in [6.45, 7) is 0. The third kappa shape index (κ3) is 2.84. The molecular weight excluding hydrogens is 256 g/mol. The van der Waals surface area contributed by atoms with Gasteiger partial charge < -0.3 is 0 Å². The molecule has 0 nitrogen and oxygen atoms in total. The van der Waals surface area contributed by atoms with Crippen molar-refractivity contribution in [2.24, 2.45) is 0 Å². The fourth-order valence-corrected chi connectivity index (χ4v) is 0.910. The van der Waals surface area contributed by atoms with Crippen LogP contribution in [0.2, 0.25) is 0 Å². The first kappa shape index (κ1) is 10.8. The average Bonchev–Trinajstić information content (AvgIpc) is 1.61. The van der Waals surface area contributed by atoms with Gasteiger partial charge in [0.1, 0.15) is 0 Å². The summed E-state index contributed by atoms with van der Waals surface area (Å²) >= 11 is 11.6. The Morgan fingerprint density at radius 2 is 1.70 bits per heavy atom. The van der Waals surface area contributed by atoms with E-state index in [9.17, 15) is 13.2 Å². The van der Waals surface area contributed by atoms with Crippen LogP contribution in [0.15, 0.2) is 0 Å². The predicted molar refractivity (Wildman–Crippen MR) is 38.9 cm³/mol. The van der Waals surface area contributed by atoms with Crippen molar-refractivity contribution < 1.29 is 13.2 Å². The molecule has 0 bridgehead atoms. The molecule has 0 N–H and O–H groups in total. The van der Waals surface area contributed by atoms with Gasteiger partial charge in [0.05, 0.1) is 0 Å². The third-order valence-corrected chi connectivity index (χ3v) is 2.30. The SMILES string of the molecule is FC(F)(Br)C(F)(Cl)CCCl. The molecule has 0 aliphatic heterocycles. The van der Waals surface area contributed by atoms with Crippen LogP contribution in [-0.4, -0.2) is 15.8 Å². The molecule has 1 unspecified atom stereocenters. The first-order valence-corrected chi connectivity index (χ1v) is 4.02. The second-order valence-electron chi connectivity index (χ2n) is 1.64. The van der Waals surface area contributed by atoms with E-state index in [4.69, 9.17) is 23.2 Å². The van der Waals surface area contributed by atoms with E-state index in [0.717, 1.165) is 0 Å². The van der Waals surface area contributed by atoms with Crippen LogP contribution in [0.25, 0.3) is 0 Å². The Kier molecular flexibility index (Phi) is 3.80. The van der Waals surface area contributed by atoms with Crippen LogP contribution in [0, 0.1) is 0 Å². The normalized spacial score (nSPS) is 18.6. The maximum Gasteiger partial charge on any atom is 0.348 e. The summed E-state index contributed by atoms with van der Waals surface area (Å²) in [6.07, 6.45) is -0.603. The van der Waals surface area contributed by atoms with Crippen LogP contribution >= 0.6 is 39.1 Å². The van der Waals surface area contributed by atoms with E-state index in [2.05, 4.69) is 0 Å². The Hall–Kier alpha value is 0.850. The Morgan fingerprint density at radius 3 is 1.80 bits per heavy atom. The second kappa shape index (κ2) is 3.50. The molecule has 0 spiro atoms. The summed E-state index contributed by atoms with van der Waals surface area (Å²) in [6, 6.07) is 0. The molecule has 0 fully saturated rings. The molecule has 0 aromatic heterocycles. The highest BCUT2D eigenvalue weighted by atomic mass is 79.9. The molecule has 1 atom stereocenters. The maximum atomic E-state index is 12.5. The van der Waals surface area contributed by atoms with Gasteiger partial charge in [-0.15, -0.1) is 11.6 Å². The zero-order chi connectivity index (χ0) is 8.41. The van der Waals surface area contributed by atoms with E-state index in [0.29, 0.717) is 0 Å². The number of hydrogen-bond donors (Lipinski definition) is 0. The van der Waals surface area contributed by atoms with Crippen LogP contribution in [0.5, 0.6) is 0 Å². The van der Waals surface area contributed by atoms with Gasteiger partial charge in [-0.3, -0.25) is 0 Å². The van der Waals surface area contributed by atoms with Crippen molar-refractivity contribution >= 4 is 39.1 Å². The van der Waals surface area contributed by atoms with E-state index in [1.807, 2.05) is 0 Å². The van der Waals surface area contributed by atoms with Gasteiger partial charge in [0.15, 0.2) is 0 Å². The number of rotatable bonds is 3. The summed E-state index contributed by atoms with van der Waals surface area (Å²) in [7, 11) is 0. The molecule has 0 aliphatic rings. The summed E-state index contributed by atoms with van der Waals surface area (Å²) in [5.74, 6) is -0.249. The van der Waals surface area contributed by atoms with Crippen LogP contribution in [0.1, 0.15) is 6.42 Å². The van der Waals surface area contributed by atoms with Crippen molar-refractivity contribution in [1.29, 1.82) is 0 Å². The molecule has 0 aromatic carbocycles. The Balaban J connectivity index is 4.10. The molecule has 0 aromatic rings. The molecule has 0 radical (unpaired) electrons. The quantitative estimate of drug-likeness (QED) is 0.681. The van der Waals surface area contributed by atoms with Crippen molar-refractivity contribution in [2.45, 2.75) is 16.4 Å². The van der Waals surface area contributed by atoms with Crippen molar-refractivity contribution in [2.75, 3.05) is 5.88 Å². The molecule has 6 heteroatoms.